The normalized spacial score (nSPS) is 19.8. The molecule has 1 heterocycles. The number of hydroxylamine groups is 1. The number of hydrogen-bond donors (Lipinski definition) is 1. The van der Waals surface area contributed by atoms with E-state index in [-0.39, 0.29) is 12.6 Å². The second-order valence-electron chi connectivity index (χ2n) is 8.70. The third-order valence-corrected chi connectivity index (χ3v) is 4.80. The molecule has 0 saturated carbocycles. The van der Waals surface area contributed by atoms with Gasteiger partial charge in [0.05, 0.1) is 18.4 Å². The number of nitrogens with one attached hydrogen (secondary N) is 1. The summed E-state index contributed by atoms with van der Waals surface area (Å²) < 4.78 is 5.52. The lowest BCUT2D eigenvalue weighted by molar-refractivity contribution is -0.152. The van der Waals surface area contributed by atoms with E-state index in [2.05, 4.69) is 17.6 Å². The molecule has 31 heavy (non-hydrogen) atoms. The van der Waals surface area contributed by atoms with Crippen LogP contribution in [0.1, 0.15) is 65.9 Å². The first-order valence-corrected chi connectivity index (χ1v) is 10.9. The summed E-state index contributed by atoms with van der Waals surface area (Å²) in [6, 6.07) is 8.58. The van der Waals surface area contributed by atoms with Crippen molar-refractivity contribution < 1.29 is 24.0 Å². The van der Waals surface area contributed by atoms with E-state index >= 15 is 0 Å². The second kappa shape index (κ2) is 11.8. The zero-order valence-electron chi connectivity index (χ0n) is 19.2. The summed E-state index contributed by atoms with van der Waals surface area (Å²) in [5, 5.41) is 3.97. The molecule has 0 unspecified atom stereocenters. The van der Waals surface area contributed by atoms with E-state index in [1.165, 1.54) is 4.90 Å². The number of amides is 1. The van der Waals surface area contributed by atoms with Crippen molar-refractivity contribution in [1.29, 1.82) is 0 Å². The van der Waals surface area contributed by atoms with Crippen LogP contribution in [0, 0.1) is 0 Å². The zero-order valence-corrected chi connectivity index (χ0v) is 19.2. The minimum Gasteiger partial charge on any atom is -0.444 e. The average Bonchev–Trinajstić information content (AvgIpc) is 2.74. The third kappa shape index (κ3) is 8.30. The largest absolute Gasteiger partial charge is 0.444 e. The number of unbranched alkanes of at least 4 members (excludes halogenated alkanes) is 1. The number of piperidine rings is 1. The van der Waals surface area contributed by atoms with Gasteiger partial charge in [0.25, 0.3) is 0 Å². The Labute approximate surface area is 184 Å². The number of nitrogens with zero attached hydrogens (tertiary/aromatic N) is 2. The average molecular weight is 434 g/mol. The Morgan fingerprint density at radius 2 is 1.90 bits per heavy atom. The highest BCUT2D eigenvalue weighted by molar-refractivity contribution is 5.98. The first-order chi connectivity index (χ1) is 14.7. The van der Waals surface area contributed by atoms with E-state index in [4.69, 9.17) is 14.4 Å². The van der Waals surface area contributed by atoms with Gasteiger partial charge in [0, 0.05) is 6.54 Å². The lowest BCUT2D eigenvalue weighted by Gasteiger charge is -2.38. The molecule has 1 N–H and O–H groups in total. The summed E-state index contributed by atoms with van der Waals surface area (Å²) in [5.41, 5.74) is 3.77. The highest BCUT2D eigenvalue weighted by atomic mass is 16.7. The van der Waals surface area contributed by atoms with E-state index in [0.717, 1.165) is 18.4 Å². The molecule has 1 fully saturated rings. The Morgan fingerprint density at radius 1 is 1.19 bits per heavy atom. The van der Waals surface area contributed by atoms with Gasteiger partial charge in [-0.1, -0.05) is 48.8 Å². The van der Waals surface area contributed by atoms with E-state index < -0.39 is 23.7 Å². The minimum atomic E-state index is -0.768. The molecule has 1 amide bonds. The molecule has 2 rings (SSSR count). The Morgan fingerprint density at radius 3 is 2.55 bits per heavy atom. The number of ether oxygens (including phenoxy) is 1. The molecule has 0 bridgehead atoms. The number of likely N-dealkylation sites (tertiary alicyclic amines) is 1. The topological polar surface area (TPSA) is 89.5 Å². The zero-order chi connectivity index (χ0) is 22.9. The van der Waals surface area contributed by atoms with Crippen LogP contribution in [0.5, 0.6) is 0 Å². The van der Waals surface area contributed by atoms with Crippen LogP contribution in [0.2, 0.25) is 0 Å². The number of benzene rings is 1. The molecule has 1 aliphatic heterocycles. The highest BCUT2D eigenvalue weighted by Gasteiger charge is 2.39. The number of carbonyl (C=O) groups is 2. The van der Waals surface area contributed by atoms with Crippen molar-refractivity contribution in [3.8, 4) is 0 Å². The lowest BCUT2D eigenvalue weighted by Crippen LogP contribution is -2.56. The van der Waals surface area contributed by atoms with Gasteiger partial charge in [-0.2, -0.15) is 5.48 Å². The molecular formula is C23H35N3O5. The predicted octanol–water partition coefficient (Wildman–Crippen LogP) is 4.04. The molecule has 0 radical (unpaired) electrons. The minimum absolute atomic E-state index is 0.0945. The van der Waals surface area contributed by atoms with Gasteiger partial charge in [-0.3, -0.25) is 4.90 Å². The van der Waals surface area contributed by atoms with Crippen LogP contribution >= 0.6 is 0 Å². The molecule has 8 heteroatoms. The quantitative estimate of drug-likeness (QED) is 0.288. The van der Waals surface area contributed by atoms with Crippen molar-refractivity contribution in [2.45, 2.75) is 78.0 Å². The molecule has 1 aromatic rings. The van der Waals surface area contributed by atoms with Gasteiger partial charge < -0.3 is 14.4 Å². The van der Waals surface area contributed by atoms with Gasteiger partial charge in [-0.15, -0.1) is 0 Å². The first-order valence-electron chi connectivity index (χ1n) is 10.9. The van der Waals surface area contributed by atoms with Crippen molar-refractivity contribution >= 4 is 17.8 Å². The molecule has 0 aromatic heterocycles. The summed E-state index contributed by atoms with van der Waals surface area (Å²) in [4.78, 5) is 37.7. The fourth-order valence-electron chi connectivity index (χ4n) is 3.13. The first kappa shape index (κ1) is 24.8. The molecular weight excluding hydrogens is 398 g/mol. The maximum absolute atomic E-state index is 12.8. The molecule has 0 aliphatic carbocycles. The second-order valence-corrected chi connectivity index (χ2v) is 8.70. The summed E-state index contributed by atoms with van der Waals surface area (Å²) in [6.45, 7) is 10.1. The van der Waals surface area contributed by atoms with Crippen LogP contribution in [0.15, 0.2) is 35.5 Å². The van der Waals surface area contributed by atoms with Gasteiger partial charge >= 0.3 is 12.1 Å². The van der Waals surface area contributed by atoms with Gasteiger partial charge in [0.2, 0.25) is 0 Å². The maximum Gasteiger partial charge on any atom is 0.411 e. The van der Waals surface area contributed by atoms with Gasteiger partial charge in [-0.25, -0.2) is 9.59 Å². The van der Waals surface area contributed by atoms with Crippen molar-refractivity contribution in [3.05, 3.63) is 35.9 Å². The Kier molecular flexibility index (Phi) is 9.45. The van der Waals surface area contributed by atoms with Crippen LogP contribution in [-0.4, -0.2) is 53.5 Å². The van der Waals surface area contributed by atoms with Crippen molar-refractivity contribution in [2.75, 3.05) is 13.2 Å². The summed E-state index contributed by atoms with van der Waals surface area (Å²) in [7, 11) is 0. The van der Waals surface area contributed by atoms with Crippen molar-refractivity contribution in [1.82, 2.24) is 10.4 Å². The highest BCUT2D eigenvalue weighted by Crippen LogP contribution is 2.22. The van der Waals surface area contributed by atoms with E-state index in [1.54, 1.807) is 27.7 Å². The van der Waals surface area contributed by atoms with E-state index in [9.17, 15) is 9.59 Å². The van der Waals surface area contributed by atoms with Crippen LogP contribution < -0.4 is 5.48 Å². The van der Waals surface area contributed by atoms with Gasteiger partial charge in [0.15, 0.2) is 0 Å². The van der Waals surface area contributed by atoms with Gasteiger partial charge in [-0.05, 0) is 52.5 Å². The fourth-order valence-corrected chi connectivity index (χ4v) is 3.13. The Bertz CT molecular complexity index is 745. The van der Waals surface area contributed by atoms with Crippen molar-refractivity contribution in [3.63, 3.8) is 0 Å². The van der Waals surface area contributed by atoms with Crippen molar-refractivity contribution in [2.24, 2.45) is 5.16 Å². The van der Waals surface area contributed by atoms with E-state index in [1.807, 2.05) is 30.3 Å². The maximum atomic E-state index is 12.8. The standard InChI is InChI=1S/C23H35N3O5/c1-6-7-15-29-25-19-13-14-20(26(16-19)22(28)30-23(3,4)5)21(27)31-24-17(2)18-11-9-8-10-12-18/h8-12,19-20,25H,6-7,13-16H2,1-5H3/b24-17+/t19-,20+/m1/s1. The number of hydrogen-bond acceptors (Lipinski definition) is 7. The molecule has 2 atom stereocenters. The summed E-state index contributed by atoms with van der Waals surface area (Å²) in [5.74, 6) is -0.577. The van der Waals surface area contributed by atoms with Crippen LogP contribution in [0.25, 0.3) is 0 Å². The fraction of sp³-hybridized carbons (Fsp3) is 0.609. The Hall–Kier alpha value is -2.45. The van der Waals surface area contributed by atoms with Gasteiger partial charge in [0.1, 0.15) is 11.6 Å². The number of carbonyl (C=O) groups excluding carboxylic acids is 2. The number of rotatable bonds is 8. The predicted molar refractivity (Wildman–Crippen MR) is 118 cm³/mol. The molecule has 1 saturated heterocycles. The SMILES string of the molecule is CCCCON[C@@H]1CC[C@@H](C(=O)O/N=C(\C)c2ccccc2)N(C(=O)OC(C)(C)C)C1. The molecule has 172 valence electrons. The molecule has 1 aromatic carbocycles. The molecule has 0 spiro atoms. The lowest BCUT2D eigenvalue weighted by atomic mass is 9.99. The number of oxime groups is 1. The van der Waals surface area contributed by atoms with E-state index in [0.29, 0.717) is 25.2 Å². The molecule has 1 aliphatic rings. The smallest absolute Gasteiger partial charge is 0.411 e. The van der Waals surface area contributed by atoms with Crippen LogP contribution in [0.3, 0.4) is 0 Å². The van der Waals surface area contributed by atoms with Crippen LogP contribution in [0.4, 0.5) is 4.79 Å². The monoisotopic (exact) mass is 433 g/mol. The summed E-state index contributed by atoms with van der Waals surface area (Å²) >= 11 is 0. The van der Waals surface area contributed by atoms with Crippen LogP contribution in [-0.2, 0) is 19.2 Å². The Balaban J connectivity index is 2.05. The third-order valence-electron chi connectivity index (χ3n) is 4.80. The molecule has 8 nitrogen and oxygen atoms in total. The summed E-state index contributed by atoms with van der Waals surface area (Å²) in [6.07, 6.45) is 2.51.